The number of hydrogen-bond donors (Lipinski definition) is 9. The van der Waals surface area contributed by atoms with Crippen molar-refractivity contribution in [2.75, 3.05) is 13.1 Å². The van der Waals surface area contributed by atoms with Gasteiger partial charge in [0.1, 0.15) is 35.9 Å². The summed E-state index contributed by atoms with van der Waals surface area (Å²) in [5, 5.41) is 23.4. The maximum absolute atomic E-state index is 15.4. The fourth-order valence-corrected chi connectivity index (χ4v) is 10.9. The second-order valence-electron chi connectivity index (χ2n) is 18.8. The molecule has 2 aliphatic heterocycles. The van der Waals surface area contributed by atoms with Crippen molar-refractivity contribution >= 4 is 75.1 Å². The van der Waals surface area contributed by atoms with Crippen LogP contribution in [0.15, 0.2) is 67.0 Å². The van der Waals surface area contributed by atoms with Crippen molar-refractivity contribution in [3.8, 4) is 10.6 Å². The molecule has 3 aromatic heterocycles. The van der Waals surface area contributed by atoms with E-state index in [1.807, 2.05) is 42.5 Å². The number of nitrogens with two attached hydrogens (primary N) is 3. The van der Waals surface area contributed by atoms with E-state index in [4.69, 9.17) is 17.2 Å². The van der Waals surface area contributed by atoms with E-state index in [0.717, 1.165) is 46.3 Å². The number of rotatable bonds is 9. The molecule has 0 bridgehead atoms. The van der Waals surface area contributed by atoms with Crippen LogP contribution in [0, 0.1) is 5.92 Å². The van der Waals surface area contributed by atoms with Gasteiger partial charge in [-0.05, 0) is 73.8 Å². The Bertz CT molecular complexity index is 2720. The Morgan fingerprint density at radius 3 is 2.32 bits per heavy atom. The predicted octanol–water partition coefficient (Wildman–Crippen LogP) is 1.11. The van der Waals surface area contributed by atoms with E-state index in [-0.39, 0.29) is 32.4 Å². The molecule has 4 aliphatic rings. The number of nitrogens with one attached hydrogen (secondary N) is 6. The van der Waals surface area contributed by atoms with Gasteiger partial charge in [-0.25, -0.2) is 4.68 Å². The lowest BCUT2D eigenvalue weighted by Crippen LogP contribution is -2.61. The SMILES string of the molecule is NC(=O)C[C@@H]1NC(=O)[C@@H](N)CC(=O)NCCCC[C@@H](C(N)=O)NC(=O)[C@H](Cc2c[nH]c3ccccc23)NC(=O)[C@@H]2C[C@H](n3cc(-c4ccc(C5=CC=CC5)s4)nn3)CN2C(=O)[C@H](C2CCCCC2)NC1=O. The van der Waals surface area contributed by atoms with Gasteiger partial charge in [-0.1, -0.05) is 60.9 Å². The first-order valence-corrected chi connectivity index (χ1v) is 25.1. The quantitative estimate of drug-likeness (QED) is 0.114. The van der Waals surface area contributed by atoms with Crippen molar-refractivity contribution in [3.63, 3.8) is 0 Å². The summed E-state index contributed by atoms with van der Waals surface area (Å²) in [6.45, 7) is 0.0870. The van der Waals surface area contributed by atoms with Gasteiger partial charge >= 0.3 is 0 Å². The van der Waals surface area contributed by atoms with Crippen molar-refractivity contribution in [1.29, 1.82) is 0 Å². The molecule has 1 saturated carbocycles. The topological polar surface area (TPSA) is 325 Å². The maximum atomic E-state index is 15.4. The average molecular weight is 992 g/mol. The Morgan fingerprint density at radius 1 is 0.817 bits per heavy atom. The number of aromatic nitrogens is 4. The molecule has 2 aliphatic carbocycles. The van der Waals surface area contributed by atoms with E-state index in [1.165, 1.54) is 10.5 Å². The Morgan fingerprint density at radius 2 is 1.56 bits per heavy atom. The number of primary amides is 2. The lowest BCUT2D eigenvalue weighted by Gasteiger charge is -2.35. The summed E-state index contributed by atoms with van der Waals surface area (Å²) in [5.41, 5.74) is 20.8. The minimum Gasteiger partial charge on any atom is -0.370 e. The number of amides is 8. The number of allylic oxidation sites excluding steroid dienone is 4. The second-order valence-corrected chi connectivity index (χ2v) is 19.9. The van der Waals surface area contributed by atoms with Crippen molar-refractivity contribution < 1.29 is 38.4 Å². The molecule has 22 heteroatoms. The summed E-state index contributed by atoms with van der Waals surface area (Å²) in [6.07, 6.45) is 13.7. The number of para-hydroxylation sites is 1. The molecular weight excluding hydrogens is 931 g/mol. The zero-order valence-electron chi connectivity index (χ0n) is 39.3. The van der Waals surface area contributed by atoms with Crippen LogP contribution < -0.4 is 43.8 Å². The summed E-state index contributed by atoms with van der Waals surface area (Å²) in [4.78, 5) is 117. The molecule has 0 radical (unpaired) electrons. The van der Waals surface area contributed by atoms with E-state index >= 15 is 9.59 Å². The highest BCUT2D eigenvalue weighted by Gasteiger charge is 2.46. The first kappa shape index (κ1) is 50.2. The van der Waals surface area contributed by atoms with Crippen molar-refractivity contribution in [2.45, 2.75) is 126 Å². The van der Waals surface area contributed by atoms with E-state index in [2.05, 4.69) is 54.0 Å². The normalized spacial score (nSPS) is 26.0. The smallest absolute Gasteiger partial charge is 0.246 e. The van der Waals surface area contributed by atoms with Gasteiger partial charge in [-0.3, -0.25) is 38.4 Å². The maximum Gasteiger partial charge on any atom is 0.246 e. The van der Waals surface area contributed by atoms with E-state index in [1.54, 1.807) is 28.4 Å². The van der Waals surface area contributed by atoms with Crippen molar-refractivity contribution in [3.05, 3.63) is 77.5 Å². The van der Waals surface area contributed by atoms with E-state index < -0.39 is 108 Å². The Hall–Kier alpha value is -7.20. The summed E-state index contributed by atoms with van der Waals surface area (Å²) in [5.74, 6) is -6.45. The molecule has 3 fully saturated rings. The van der Waals surface area contributed by atoms with Gasteiger partial charge in [0.2, 0.25) is 47.3 Å². The molecule has 8 amide bonds. The predicted molar refractivity (Wildman–Crippen MR) is 263 cm³/mol. The van der Waals surface area contributed by atoms with Gasteiger partial charge in [0, 0.05) is 47.9 Å². The number of aromatic amines is 1. The number of hydrogen-bond acceptors (Lipinski definition) is 12. The molecule has 12 N–H and O–H groups in total. The number of nitrogens with zero attached hydrogens (tertiary/aromatic N) is 4. The number of thiophene rings is 1. The van der Waals surface area contributed by atoms with Crippen LogP contribution in [0.25, 0.3) is 27.0 Å². The number of fused-ring (bicyclic) bond motifs is 2. The van der Waals surface area contributed by atoms with Gasteiger partial charge in [0.05, 0.1) is 36.0 Å². The third kappa shape index (κ3) is 12.2. The largest absolute Gasteiger partial charge is 0.370 e. The Kier molecular flexibility index (Phi) is 16.0. The Labute approximate surface area is 413 Å². The first-order valence-electron chi connectivity index (χ1n) is 24.3. The zero-order chi connectivity index (χ0) is 50.2. The molecule has 21 nitrogen and oxygen atoms in total. The van der Waals surface area contributed by atoms with Crippen LogP contribution in [0.1, 0.15) is 93.5 Å². The minimum absolute atomic E-state index is 0.0126. The van der Waals surface area contributed by atoms with Crippen LogP contribution in [0.4, 0.5) is 0 Å². The van der Waals surface area contributed by atoms with Crippen LogP contribution in [-0.2, 0) is 44.8 Å². The number of H-pyrrole nitrogens is 1. The molecule has 71 heavy (non-hydrogen) atoms. The molecule has 0 spiro atoms. The monoisotopic (exact) mass is 991 g/mol. The van der Waals surface area contributed by atoms with E-state index in [0.29, 0.717) is 36.9 Å². The molecule has 4 aromatic rings. The lowest BCUT2D eigenvalue weighted by molar-refractivity contribution is -0.144. The van der Waals surface area contributed by atoms with Crippen LogP contribution in [0.2, 0.25) is 0 Å². The first-order chi connectivity index (χ1) is 34.2. The van der Waals surface area contributed by atoms with Crippen molar-refractivity contribution in [2.24, 2.45) is 23.1 Å². The fourth-order valence-electron chi connectivity index (χ4n) is 9.94. The van der Waals surface area contributed by atoms with Gasteiger partial charge in [0.15, 0.2) is 0 Å². The zero-order valence-corrected chi connectivity index (χ0v) is 40.1. The summed E-state index contributed by atoms with van der Waals surface area (Å²) < 4.78 is 1.62. The molecule has 0 unspecified atom stereocenters. The second kappa shape index (κ2) is 22.7. The molecule has 1 aromatic carbocycles. The summed E-state index contributed by atoms with van der Waals surface area (Å²) >= 11 is 1.57. The van der Waals surface area contributed by atoms with Gasteiger partial charge < -0.3 is 53.7 Å². The average Bonchev–Trinajstić information content (AvgIpc) is 4.22. The molecular formula is C49H61N13O8S. The molecule has 376 valence electrons. The highest BCUT2D eigenvalue weighted by atomic mass is 32.1. The molecule has 5 heterocycles. The van der Waals surface area contributed by atoms with Crippen LogP contribution in [-0.4, -0.2) is 121 Å². The molecule has 2 saturated heterocycles. The number of carbonyl (C=O) groups is 8. The third-order valence-electron chi connectivity index (χ3n) is 13.8. The lowest BCUT2D eigenvalue weighted by atomic mass is 9.83. The van der Waals surface area contributed by atoms with Crippen LogP contribution in [0.3, 0.4) is 0 Å². The van der Waals surface area contributed by atoms with Crippen LogP contribution >= 0.6 is 11.3 Å². The highest BCUT2D eigenvalue weighted by molar-refractivity contribution is 7.16. The third-order valence-corrected chi connectivity index (χ3v) is 15.0. The fraction of sp³-hybridized carbons (Fsp3) is 0.469. The molecule has 7 atom stereocenters. The van der Waals surface area contributed by atoms with Crippen molar-refractivity contribution in [1.82, 2.24) is 51.5 Å². The van der Waals surface area contributed by atoms with Gasteiger partial charge in [-0.2, -0.15) is 0 Å². The van der Waals surface area contributed by atoms with Gasteiger partial charge in [0.25, 0.3) is 0 Å². The summed E-state index contributed by atoms with van der Waals surface area (Å²) in [6, 6.07) is 3.03. The Balaban J connectivity index is 1.15. The summed E-state index contributed by atoms with van der Waals surface area (Å²) in [7, 11) is 0. The van der Waals surface area contributed by atoms with Gasteiger partial charge in [-0.15, -0.1) is 16.4 Å². The van der Waals surface area contributed by atoms with E-state index in [9.17, 15) is 28.8 Å². The number of carbonyl (C=O) groups excluding carboxylic acids is 8. The minimum atomic E-state index is -1.56. The van der Waals surface area contributed by atoms with Crippen LogP contribution in [0.5, 0.6) is 0 Å². The number of benzene rings is 1. The standard InChI is InChI=1S/C49H61N13O8S/c50-32-22-42(64)53-19-9-8-16-34(44(52)65)55-46(67)35(20-29-24-54-33-15-7-6-14-31(29)33)57-48(69)38-21-30(62-26-37(59-60-62)40-18-17-39(71-40)27-10-4-5-11-27)25-61(38)49(70)43(28-12-2-1-3-13-28)58-47(68)36(23-41(51)63)56-45(32)66/h4-7,10,14-15,17-18,24,26,28,30,32,34-36,38,43,54H,1-3,8-9,11-13,16,19-23,25,50H2,(H2,51,63)(H2,52,65)(H,53,64)(H,55,67)(H,56,66)(H,57,69)(H,58,68)/t30-,32-,34-,35-,36-,38-,43-/m0/s1. The highest BCUT2D eigenvalue weighted by Crippen LogP contribution is 2.36. The molecule has 8 rings (SSSR count).